The zero-order valence-corrected chi connectivity index (χ0v) is 28.6. The highest BCUT2D eigenvalue weighted by molar-refractivity contribution is 6.34. The molecule has 2 rings (SSSR count). The fourth-order valence-electron chi connectivity index (χ4n) is 3.67. The topological polar surface area (TPSA) is 214 Å². The van der Waals surface area contributed by atoms with Gasteiger partial charge in [0.25, 0.3) is 0 Å². The molecule has 0 saturated carbocycles. The number of benzene rings is 2. The monoisotopic (exact) mass is 700 g/mol. The summed E-state index contributed by atoms with van der Waals surface area (Å²) in [6.45, 7) is 10.5. The third kappa shape index (κ3) is 18.9. The van der Waals surface area contributed by atoms with E-state index >= 15 is 0 Å². The summed E-state index contributed by atoms with van der Waals surface area (Å²) >= 11 is 12.0. The van der Waals surface area contributed by atoms with Crippen LogP contribution in [0, 0.1) is 13.8 Å². The fourth-order valence-corrected chi connectivity index (χ4v) is 4.21. The molecule has 0 atom stereocenters. The molecule has 0 fully saturated rings. The molecule has 0 aliphatic carbocycles. The molecule has 0 saturated heterocycles. The van der Waals surface area contributed by atoms with Gasteiger partial charge in [-0.05, 0) is 63.0 Å². The first-order chi connectivity index (χ1) is 22.1. The van der Waals surface area contributed by atoms with Crippen LogP contribution in [0.1, 0.15) is 63.5 Å². The third-order valence-corrected chi connectivity index (χ3v) is 6.87. The van der Waals surface area contributed by atoms with Crippen LogP contribution in [0.4, 0.5) is 11.4 Å². The number of carboxylic acids is 3. The SMILES string of the molecule is CCCCNCC(=O)Nc1c(C)cccc1Cl.CCCCNCC(=O)Nc1c(C)cccc1Cl.O=C(O)CC(O)(CC(=O)O)C(=O)O. The number of anilines is 2. The smallest absolute Gasteiger partial charge is 0.336 e. The highest BCUT2D eigenvalue weighted by atomic mass is 35.5. The van der Waals surface area contributed by atoms with Gasteiger partial charge in [0.15, 0.2) is 5.60 Å². The van der Waals surface area contributed by atoms with Gasteiger partial charge in [-0.25, -0.2) is 4.79 Å². The number of para-hydroxylation sites is 2. The van der Waals surface area contributed by atoms with Gasteiger partial charge in [0.2, 0.25) is 11.8 Å². The number of hydrogen-bond donors (Lipinski definition) is 8. The molecule has 47 heavy (non-hydrogen) atoms. The fraction of sp³-hybridized carbons (Fsp3) is 0.469. The molecule has 13 nitrogen and oxygen atoms in total. The van der Waals surface area contributed by atoms with Gasteiger partial charge in [-0.1, -0.05) is 74.2 Å². The van der Waals surface area contributed by atoms with Crippen LogP contribution in [-0.4, -0.2) is 81.9 Å². The van der Waals surface area contributed by atoms with E-state index in [1.807, 2.05) is 38.1 Å². The molecule has 15 heteroatoms. The maximum atomic E-state index is 11.6. The van der Waals surface area contributed by atoms with Crippen LogP contribution in [0.2, 0.25) is 10.0 Å². The number of carbonyl (C=O) groups excluding carboxylic acids is 2. The zero-order valence-electron chi connectivity index (χ0n) is 27.1. The van der Waals surface area contributed by atoms with Crippen molar-refractivity contribution in [3.8, 4) is 0 Å². The summed E-state index contributed by atoms with van der Waals surface area (Å²) in [6.07, 6.45) is 2.12. The van der Waals surface area contributed by atoms with Crippen molar-refractivity contribution < 1.29 is 44.4 Å². The largest absolute Gasteiger partial charge is 0.481 e. The minimum Gasteiger partial charge on any atom is -0.481 e. The van der Waals surface area contributed by atoms with Crippen molar-refractivity contribution >= 4 is 64.3 Å². The Bertz CT molecular complexity index is 1200. The Morgan fingerprint density at radius 3 is 1.32 bits per heavy atom. The lowest BCUT2D eigenvalue weighted by atomic mass is 9.96. The van der Waals surface area contributed by atoms with E-state index < -0.39 is 36.4 Å². The predicted molar refractivity (Wildman–Crippen MR) is 182 cm³/mol. The molecule has 0 aromatic heterocycles. The van der Waals surface area contributed by atoms with E-state index in [-0.39, 0.29) is 11.8 Å². The molecule has 0 spiro atoms. The van der Waals surface area contributed by atoms with Crippen molar-refractivity contribution in [2.45, 2.75) is 71.8 Å². The molecule has 262 valence electrons. The average molecular weight is 702 g/mol. The number of rotatable bonds is 17. The first kappa shape index (κ1) is 43.2. The van der Waals surface area contributed by atoms with Crippen molar-refractivity contribution in [2.75, 3.05) is 36.8 Å². The van der Waals surface area contributed by atoms with E-state index in [9.17, 15) is 24.0 Å². The van der Waals surface area contributed by atoms with Gasteiger partial charge in [0, 0.05) is 0 Å². The van der Waals surface area contributed by atoms with Crippen molar-refractivity contribution in [2.24, 2.45) is 0 Å². The van der Waals surface area contributed by atoms with Gasteiger partial charge in [0.05, 0.1) is 47.4 Å². The quantitative estimate of drug-likeness (QED) is 0.106. The Kier molecular flexibility index (Phi) is 21.7. The number of aryl methyl sites for hydroxylation is 2. The molecule has 0 bridgehead atoms. The molecule has 2 aromatic carbocycles. The number of amides is 2. The van der Waals surface area contributed by atoms with Gasteiger partial charge in [-0.15, -0.1) is 0 Å². The van der Waals surface area contributed by atoms with Crippen molar-refractivity contribution in [1.29, 1.82) is 0 Å². The molecule has 2 amide bonds. The van der Waals surface area contributed by atoms with Gasteiger partial charge < -0.3 is 41.7 Å². The predicted octanol–water partition coefficient (Wildman–Crippen LogP) is 4.70. The number of carbonyl (C=O) groups is 5. The number of aliphatic carboxylic acids is 3. The molecule has 0 unspecified atom stereocenters. The van der Waals surface area contributed by atoms with Crippen LogP contribution in [-0.2, 0) is 24.0 Å². The summed E-state index contributed by atoms with van der Waals surface area (Å²) in [4.78, 5) is 53.8. The van der Waals surface area contributed by atoms with E-state index in [2.05, 4.69) is 35.1 Å². The van der Waals surface area contributed by atoms with Gasteiger partial charge >= 0.3 is 17.9 Å². The molecule has 0 aliphatic rings. The highest BCUT2D eigenvalue weighted by Crippen LogP contribution is 2.25. The second-order valence-electron chi connectivity index (χ2n) is 10.5. The lowest BCUT2D eigenvalue weighted by molar-refractivity contribution is -0.170. The van der Waals surface area contributed by atoms with Crippen LogP contribution in [0.15, 0.2) is 36.4 Å². The standard InChI is InChI=1S/2C13H19ClN2O.C6H8O7/c2*1-3-4-8-15-9-12(17)16-13-10(2)6-5-7-11(13)14;7-3(8)1-6(13,5(11)12)2-4(9)10/h2*5-7,15H,3-4,8-9H2,1-2H3,(H,16,17);13H,1-2H2,(H,7,8)(H,9,10)(H,11,12). The van der Waals surface area contributed by atoms with Crippen LogP contribution < -0.4 is 21.3 Å². The lowest BCUT2D eigenvalue weighted by Crippen LogP contribution is -2.42. The maximum Gasteiger partial charge on any atom is 0.336 e. The minimum absolute atomic E-state index is 0.0581. The molecule has 8 N–H and O–H groups in total. The summed E-state index contributed by atoms with van der Waals surface area (Å²) < 4.78 is 0. The van der Waals surface area contributed by atoms with Crippen LogP contribution >= 0.6 is 23.2 Å². The molecule has 2 aromatic rings. The van der Waals surface area contributed by atoms with E-state index in [0.717, 1.165) is 49.9 Å². The normalized spacial score (nSPS) is 10.4. The van der Waals surface area contributed by atoms with Gasteiger partial charge in [-0.3, -0.25) is 19.2 Å². The Hall–Kier alpha value is -3.75. The second kappa shape index (κ2) is 23.6. The van der Waals surface area contributed by atoms with Crippen molar-refractivity contribution in [1.82, 2.24) is 10.6 Å². The average Bonchev–Trinajstić information content (AvgIpc) is 2.97. The number of halogens is 2. The number of unbranched alkanes of at least 4 members (excludes halogenated alkanes) is 2. The summed E-state index contributed by atoms with van der Waals surface area (Å²) in [7, 11) is 0. The Balaban J connectivity index is 0.000000684. The molecular formula is C32H46Cl2N4O9. The maximum absolute atomic E-state index is 11.6. The Morgan fingerprint density at radius 2 is 1.04 bits per heavy atom. The minimum atomic E-state index is -2.74. The van der Waals surface area contributed by atoms with Crippen molar-refractivity contribution in [3.63, 3.8) is 0 Å². The van der Waals surface area contributed by atoms with Crippen LogP contribution in [0.3, 0.4) is 0 Å². The molecule has 0 radical (unpaired) electrons. The molecular weight excluding hydrogens is 655 g/mol. The highest BCUT2D eigenvalue weighted by Gasteiger charge is 2.40. The van der Waals surface area contributed by atoms with Gasteiger partial charge in [0.1, 0.15) is 0 Å². The number of carboxylic acid groups (broad SMARTS) is 3. The number of hydrogen-bond acceptors (Lipinski definition) is 8. The number of nitrogens with one attached hydrogen (secondary N) is 4. The molecule has 0 heterocycles. The Morgan fingerprint density at radius 1 is 0.681 bits per heavy atom. The summed E-state index contributed by atoms with van der Waals surface area (Å²) in [5.41, 5.74) is 0.615. The summed E-state index contributed by atoms with van der Waals surface area (Å²) in [5.74, 6) is -5.13. The van der Waals surface area contributed by atoms with E-state index in [1.165, 1.54) is 0 Å². The summed E-state index contributed by atoms with van der Waals surface area (Å²) in [5, 5.41) is 46.8. The first-order valence-electron chi connectivity index (χ1n) is 15.0. The van der Waals surface area contributed by atoms with Gasteiger partial charge in [-0.2, -0.15) is 0 Å². The van der Waals surface area contributed by atoms with E-state index in [1.54, 1.807) is 12.1 Å². The molecule has 0 aliphatic heterocycles. The Labute approximate surface area is 285 Å². The third-order valence-electron chi connectivity index (χ3n) is 6.24. The summed E-state index contributed by atoms with van der Waals surface area (Å²) in [6, 6.07) is 11.1. The second-order valence-corrected chi connectivity index (χ2v) is 11.3. The lowest BCUT2D eigenvalue weighted by Gasteiger charge is -2.18. The van der Waals surface area contributed by atoms with Crippen LogP contribution in [0.5, 0.6) is 0 Å². The number of aliphatic hydroxyl groups is 1. The first-order valence-corrected chi connectivity index (χ1v) is 15.7. The van der Waals surface area contributed by atoms with Crippen LogP contribution in [0.25, 0.3) is 0 Å². The zero-order chi connectivity index (χ0) is 36.0. The van der Waals surface area contributed by atoms with Crippen molar-refractivity contribution in [3.05, 3.63) is 57.6 Å². The van der Waals surface area contributed by atoms with E-state index in [0.29, 0.717) is 34.5 Å². The van der Waals surface area contributed by atoms with E-state index in [4.69, 9.17) is 43.6 Å².